The lowest BCUT2D eigenvalue weighted by Gasteiger charge is -2.10. The molecule has 3 aromatic rings. The molecule has 4 heteroatoms. The number of methoxy groups -OCH3 is 1. The highest BCUT2D eigenvalue weighted by molar-refractivity contribution is 6.05. The molecule has 126 valence electrons. The smallest absolute Gasteiger partial charge is 0.255 e. The van der Waals surface area contributed by atoms with Gasteiger partial charge in [0.2, 0.25) is 0 Å². The second-order valence-corrected chi connectivity index (χ2v) is 5.59. The molecule has 3 aromatic carbocycles. The van der Waals surface area contributed by atoms with Gasteiger partial charge < -0.3 is 14.8 Å². The van der Waals surface area contributed by atoms with Gasteiger partial charge in [0.05, 0.1) is 12.8 Å². The minimum Gasteiger partial charge on any atom is -0.495 e. The SMILES string of the molecule is COc1ccccc1NC(=O)c1ccc(Oc2ccc(C)cc2)cc1. The fourth-order valence-electron chi connectivity index (χ4n) is 2.36. The number of para-hydroxylation sites is 2. The first-order valence-electron chi connectivity index (χ1n) is 7.94. The van der Waals surface area contributed by atoms with E-state index < -0.39 is 0 Å². The van der Waals surface area contributed by atoms with E-state index in [-0.39, 0.29) is 5.91 Å². The van der Waals surface area contributed by atoms with Crippen molar-refractivity contribution in [3.63, 3.8) is 0 Å². The van der Waals surface area contributed by atoms with Crippen LogP contribution in [0, 0.1) is 6.92 Å². The van der Waals surface area contributed by atoms with Gasteiger partial charge in [0, 0.05) is 5.56 Å². The molecule has 0 atom stereocenters. The Morgan fingerprint density at radius 1 is 0.840 bits per heavy atom. The average molecular weight is 333 g/mol. The van der Waals surface area contributed by atoms with E-state index in [2.05, 4.69) is 5.32 Å². The van der Waals surface area contributed by atoms with Gasteiger partial charge in [0.1, 0.15) is 17.2 Å². The average Bonchev–Trinajstić information content (AvgIpc) is 2.64. The molecule has 0 saturated carbocycles. The summed E-state index contributed by atoms with van der Waals surface area (Å²) in [6.45, 7) is 2.03. The summed E-state index contributed by atoms with van der Waals surface area (Å²) in [5, 5.41) is 2.85. The molecule has 0 aromatic heterocycles. The van der Waals surface area contributed by atoms with Crippen LogP contribution in [0.1, 0.15) is 15.9 Å². The maximum absolute atomic E-state index is 12.4. The highest BCUT2D eigenvalue weighted by Gasteiger charge is 2.09. The predicted octanol–water partition coefficient (Wildman–Crippen LogP) is 5.05. The number of anilines is 1. The summed E-state index contributed by atoms with van der Waals surface area (Å²) in [6.07, 6.45) is 0. The zero-order valence-electron chi connectivity index (χ0n) is 14.2. The molecular formula is C21H19NO3. The summed E-state index contributed by atoms with van der Waals surface area (Å²) >= 11 is 0. The fraction of sp³-hybridized carbons (Fsp3) is 0.0952. The van der Waals surface area contributed by atoms with E-state index in [4.69, 9.17) is 9.47 Å². The molecule has 0 heterocycles. The lowest BCUT2D eigenvalue weighted by atomic mass is 10.2. The Labute approximate surface area is 147 Å². The van der Waals surface area contributed by atoms with Crippen LogP contribution in [0.2, 0.25) is 0 Å². The molecule has 1 N–H and O–H groups in total. The van der Waals surface area contributed by atoms with Gasteiger partial charge in [-0.2, -0.15) is 0 Å². The van der Waals surface area contributed by atoms with Crippen LogP contribution >= 0.6 is 0 Å². The molecule has 0 fully saturated rings. The van der Waals surface area contributed by atoms with Crippen LogP contribution in [0.15, 0.2) is 72.8 Å². The number of nitrogens with one attached hydrogen (secondary N) is 1. The van der Waals surface area contributed by atoms with Crippen LogP contribution in [0.4, 0.5) is 5.69 Å². The number of amides is 1. The van der Waals surface area contributed by atoms with Gasteiger partial charge in [-0.25, -0.2) is 0 Å². The van der Waals surface area contributed by atoms with Crippen LogP contribution in [-0.4, -0.2) is 13.0 Å². The molecule has 0 radical (unpaired) electrons. The summed E-state index contributed by atoms with van der Waals surface area (Å²) in [4.78, 5) is 12.4. The number of carbonyl (C=O) groups is 1. The molecule has 0 aliphatic heterocycles. The van der Waals surface area contributed by atoms with E-state index in [9.17, 15) is 4.79 Å². The van der Waals surface area contributed by atoms with Crippen LogP contribution in [-0.2, 0) is 0 Å². The molecule has 0 aliphatic rings. The van der Waals surface area contributed by atoms with Crippen molar-refractivity contribution in [1.82, 2.24) is 0 Å². The third-order valence-electron chi connectivity index (χ3n) is 3.73. The Morgan fingerprint density at radius 2 is 1.44 bits per heavy atom. The van der Waals surface area contributed by atoms with Crippen molar-refractivity contribution in [3.05, 3.63) is 83.9 Å². The van der Waals surface area contributed by atoms with Crippen LogP contribution in [0.3, 0.4) is 0 Å². The van der Waals surface area contributed by atoms with Crippen LogP contribution < -0.4 is 14.8 Å². The Kier molecular flexibility index (Phi) is 5.00. The third kappa shape index (κ3) is 4.18. The molecule has 0 aliphatic carbocycles. The largest absolute Gasteiger partial charge is 0.495 e. The maximum atomic E-state index is 12.4. The first kappa shape index (κ1) is 16.6. The monoisotopic (exact) mass is 333 g/mol. The van der Waals surface area contributed by atoms with Gasteiger partial charge in [0.15, 0.2) is 0 Å². The summed E-state index contributed by atoms with van der Waals surface area (Å²) in [5.74, 6) is 1.86. The van der Waals surface area contributed by atoms with E-state index >= 15 is 0 Å². The quantitative estimate of drug-likeness (QED) is 0.711. The van der Waals surface area contributed by atoms with E-state index in [1.165, 1.54) is 5.56 Å². The van der Waals surface area contributed by atoms with Gasteiger partial charge in [-0.15, -0.1) is 0 Å². The standard InChI is InChI=1S/C21H19NO3/c1-15-7-11-17(12-8-15)25-18-13-9-16(10-14-18)21(23)22-19-5-3-4-6-20(19)24-2/h3-14H,1-2H3,(H,22,23). The van der Waals surface area contributed by atoms with Gasteiger partial charge in [-0.05, 0) is 55.5 Å². The van der Waals surface area contributed by atoms with Gasteiger partial charge in [0.25, 0.3) is 5.91 Å². The number of aryl methyl sites for hydroxylation is 1. The van der Waals surface area contributed by atoms with E-state index in [0.29, 0.717) is 22.7 Å². The zero-order valence-corrected chi connectivity index (χ0v) is 14.2. The predicted molar refractivity (Wildman–Crippen MR) is 98.6 cm³/mol. The molecule has 0 spiro atoms. The molecule has 0 saturated heterocycles. The van der Waals surface area contributed by atoms with Crippen LogP contribution in [0.5, 0.6) is 17.2 Å². The molecule has 0 unspecified atom stereocenters. The molecule has 1 amide bonds. The maximum Gasteiger partial charge on any atom is 0.255 e. The van der Waals surface area contributed by atoms with Gasteiger partial charge in [-0.3, -0.25) is 4.79 Å². The Morgan fingerprint density at radius 3 is 2.08 bits per heavy atom. The van der Waals surface area contributed by atoms with Crippen molar-refractivity contribution in [3.8, 4) is 17.2 Å². The van der Waals surface area contributed by atoms with Crippen molar-refractivity contribution < 1.29 is 14.3 Å². The molecule has 0 bridgehead atoms. The first-order valence-corrected chi connectivity index (χ1v) is 7.94. The molecule has 25 heavy (non-hydrogen) atoms. The number of ether oxygens (including phenoxy) is 2. The fourth-order valence-corrected chi connectivity index (χ4v) is 2.36. The molecular weight excluding hydrogens is 314 g/mol. The third-order valence-corrected chi connectivity index (χ3v) is 3.73. The van der Waals surface area contributed by atoms with Gasteiger partial charge >= 0.3 is 0 Å². The lowest BCUT2D eigenvalue weighted by Crippen LogP contribution is -2.12. The number of carbonyl (C=O) groups excluding carboxylic acids is 1. The number of hydrogen-bond acceptors (Lipinski definition) is 3. The Bertz CT molecular complexity index is 855. The minimum atomic E-state index is -0.202. The van der Waals surface area contributed by atoms with Crippen molar-refractivity contribution in [2.45, 2.75) is 6.92 Å². The molecule has 3 rings (SSSR count). The van der Waals surface area contributed by atoms with E-state index in [1.54, 1.807) is 43.5 Å². The van der Waals surface area contributed by atoms with Crippen molar-refractivity contribution in [2.24, 2.45) is 0 Å². The highest BCUT2D eigenvalue weighted by Crippen LogP contribution is 2.25. The minimum absolute atomic E-state index is 0.202. The summed E-state index contributed by atoms with van der Waals surface area (Å²) in [5.41, 5.74) is 2.35. The van der Waals surface area contributed by atoms with E-state index in [0.717, 1.165) is 5.75 Å². The van der Waals surface area contributed by atoms with Crippen molar-refractivity contribution >= 4 is 11.6 Å². The van der Waals surface area contributed by atoms with Crippen molar-refractivity contribution in [2.75, 3.05) is 12.4 Å². The van der Waals surface area contributed by atoms with E-state index in [1.807, 2.05) is 43.3 Å². The number of benzene rings is 3. The van der Waals surface area contributed by atoms with Crippen LogP contribution in [0.25, 0.3) is 0 Å². The summed E-state index contributed by atoms with van der Waals surface area (Å²) in [7, 11) is 1.57. The second-order valence-electron chi connectivity index (χ2n) is 5.59. The Balaban J connectivity index is 1.69. The normalized spacial score (nSPS) is 10.2. The topological polar surface area (TPSA) is 47.6 Å². The zero-order chi connectivity index (χ0) is 17.6. The number of rotatable bonds is 5. The summed E-state index contributed by atoms with van der Waals surface area (Å²) < 4.78 is 11.0. The lowest BCUT2D eigenvalue weighted by molar-refractivity contribution is 0.102. The number of hydrogen-bond donors (Lipinski definition) is 1. The molecule has 4 nitrogen and oxygen atoms in total. The first-order chi connectivity index (χ1) is 12.2. The highest BCUT2D eigenvalue weighted by atomic mass is 16.5. The second kappa shape index (κ2) is 7.53. The summed E-state index contributed by atoms with van der Waals surface area (Å²) in [6, 6.07) is 22.1. The van der Waals surface area contributed by atoms with Gasteiger partial charge in [-0.1, -0.05) is 29.8 Å². The van der Waals surface area contributed by atoms with Crippen molar-refractivity contribution in [1.29, 1.82) is 0 Å². The Hall–Kier alpha value is -3.27.